The average molecular weight is 249 g/mol. The summed E-state index contributed by atoms with van der Waals surface area (Å²) in [4.78, 5) is 14.2. The molecule has 0 amide bonds. The molecule has 0 heterocycles. The van der Waals surface area contributed by atoms with Crippen LogP contribution in [0.1, 0.15) is 11.1 Å². The Morgan fingerprint density at radius 1 is 0.765 bits per heavy atom. The summed E-state index contributed by atoms with van der Waals surface area (Å²) in [5, 5.41) is 0. The Kier molecular flexibility index (Phi) is 6.12. The van der Waals surface area contributed by atoms with E-state index in [1.54, 1.807) is 0 Å². The van der Waals surface area contributed by atoms with E-state index in [1.165, 1.54) is 11.1 Å². The van der Waals surface area contributed by atoms with Gasteiger partial charge in [-0.15, -0.1) is 9.79 Å². The van der Waals surface area contributed by atoms with Gasteiger partial charge in [-0.3, -0.25) is 0 Å². The molecule has 0 spiro atoms. The molecule has 0 fully saturated rings. The quantitative estimate of drug-likeness (QED) is 0.804. The Morgan fingerprint density at radius 3 is 1.35 bits per heavy atom. The van der Waals surface area contributed by atoms with Gasteiger partial charge in [0.25, 0.3) is 0 Å². The molecular weight excluding hydrogens is 235 g/mol. The predicted octanol–water partition coefficient (Wildman–Crippen LogP) is 2.91. The second kappa shape index (κ2) is 7.69. The largest absolute Gasteiger partial charge is 0.692 e. The molecule has 0 aromatic heterocycles. The third-order valence-electron chi connectivity index (χ3n) is 2.09. The normalized spacial score (nSPS) is 9.06. The monoisotopic (exact) mass is 249 g/mol. The number of hydrogen-bond acceptors (Lipinski definition) is 1. The number of benzene rings is 2. The van der Waals surface area contributed by atoms with Crippen molar-refractivity contribution in [3.8, 4) is 0 Å². The molecule has 0 unspecified atom stereocenters. The lowest BCUT2D eigenvalue weighted by Crippen LogP contribution is -1.85. The standard InChI is InChI=1S/C13H12.HO3P/c1-3-7-12(8-4-1)11-13-9-5-2-6-10-13;1-4(2)3/h1-10H,11H2;(H-,1,2,3)/p+1. The molecule has 0 radical (unpaired) electrons. The van der Waals surface area contributed by atoms with Crippen LogP contribution in [0.2, 0.25) is 0 Å². The smallest absolute Gasteiger partial charge is 0.134 e. The minimum Gasteiger partial charge on any atom is -0.134 e. The van der Waals surface area contributed by atoms with E-state index in [-0.39, 0.29) is 0 Å². The summed E-state index contributed by atoms with van der Waals surface area (Å²) in [7, 11) is -2.87. The molecule has 2 N–H and O–H groups in total. The first kappa shape index (κ1) is 13.5. The third kappa shape index (κ3) is 6.59. The first-order chi connectivity index (χ1) is 8.18. The van der Waals surface area contributed by atoms with Gasteiger partial charge in [-0.05, 0) is 17.5 Å². The lowest BCUT2D eigenvalue weighted by atomic mass is 10.1. The zero-order valence-corrected chi connectivity index (χ0v) is 10.1. The molecule has 0 saturated carbocycles. The van der Waals surface area contributed by atoms with E-state index in [1.807, 2.05) is 0 Å². The maximum atomic E-state index is 8.70. The van der Waals surface area contributed by atoms with E-state index in [2.05, 4.69) is 60.7 Å². The van der Waals surface area contributed by atoms with Crippen molar-refractivity contribution in [2.45, 2.75) is 6.42 Å². The van der Waals surface area contributed by atoms with Crippen molar-refractivity contribution in [3.05, 3.63) is 71.8 Å². The van der Waals surface area contributed by atoms with Crippen LogP contribution in [0.4, 0.5) is 0 Å². The molecule has 0 bridgehead atoms. The summed E-state index contributed by atoms with van der Waals surface area (Å²) >= 11 is 0. The maximum absolute atomic E-state index is 8.70. The van der Waals surface area contributed by atoms with Crippen molar-refractivity contribution in [1.29, 1.82) is 0 Å². The van der Waals surface area contributed by atoms with Gasteiger partial charge in [-0.2, -0.15) is 0 Å². The molecule has 17 heavy (non-hydrogen) atoms. The minimum atomic E-state index is -2.87. The van der Waals surface area contributed by atoms with Crippen molar-refractivity contribution >= 4 is 8.25 Å². The summed E-state index contributed by atoms with van der Waals surface area (Å²) in [6, 6.07) is 21.1. The lowest BCUT2D eigenvalue weighted by molar-refractivity contribution is 0.405. The van der Waals surface area contributed by atoms with E-state index < -0.39 is 8.25 Å². The predicted molar refractivity (Wildman–Crippen MR) is 67.7 cm³/mol. The van der Waals surface area contributed by atoms with Crippen LogP contribution in [0.15, 0.2) is 60.7 Å². The van der Waals surface area contributed by atoms with E-state index in [0.29, 0.717) is 0 Å². The van der Waals surface area contributed by atoms with Crippen molar-refractivity contribution in [2.75, 3.05) is 0 Å². The molecule has 0 aliphatic carbocycles. The topological polar surface area (TPSA) is 57.5 Å². The van der Waals surface area contributed by atoms with Crippen molar-refractivity contribution in [3.63, 3.8) is 0 Å². The average Bonchev–Trinajstić information content (AvgIpc) is 2.31. The van der Waals surface area contributed by atoms with Gasteiger partial charge in [-0.1, -0.05) is 60.7 Å². The second-order valence-corrected chi connectivity index (χ2v) is 3.91. The summed E-state index contributed by atoms with van der Waals surface area (Å²) in [6.07, 6.45) is 1.03. The van der Waals surface area contributed by atoms with E-state index in [4.69, 9.17) is 14.4 Å². The molecule has 0 atom stereocenters. The van der Waals surface area contributed by atoms with Crippen LogP contribution >= 0.6 is 8.25 Å². The summed E-state index contributed by atoms with van der Waals surface area (Å²) in [5.41, 5.74) is 2.74. The van der Waals surface area contributed by atoms with Gasteiger partial charge < -0.3 is 0 Å². The molecule has 3 nitrogen and oxygen atoms in total. The zero-order chi connectivity index (χ0) is 12.5. The van der Waals surface area contributed by atoms with Gasteiger partial charge in [0.1, 0.15) is 0 Å². The summed E-state index contributed by atoms with van der Waals surface area (Å²) in [5.74, 6) is 0. The fourth-order valence-corrected chi connectivity index (χ4v) is 1.43. The van der Waals surface area contributed by atoms with Gasteiger partial charge in [-0.25, -0.2) is 0 Å². The van der Waals surface area contributed by atoms with Gasteiger partial charge in [0.15, 0.2) is 0 Å². The van der Waals surface area contributed by atoms with Gasteiger partial charge >= 0.3 is 8.25 Å². The van der Waals surface area contributed by atoms with Crippen molar-refractivity contribution < 1.29 is 14.4 Å². The van der Waals surface area contributed by atoms with Crippen LogP contribution in [-0.4, -0.2) is 9.79 Å². The fraction of sp³-hybridized carbons (Fsp3) is 0.0769. The number of rotatable bonds is 2. The van der Waals surface area contributed by atoms with Crippen molar-refractivity contribution in [1.82, 2.24) is 0 Å². The molecule has 0 aliphatic rings. The fourth-order valence-electron chi connectivity index (χ4n) is 1.43. The van der Waals surface area contributed by atoms with E-state index >= 15 is 0 Å². The second-order valence-electron chi connectivity index (χ2n) is 3.40. The Morgan fingerprint density at radius 2 is 1.06 bits per heavy atom. The molecule has 2 rings (SSSR count). The van der Waals surface area contributed by atoms with Crippen molar-refractivity contribution in [2.24, 2.45) is 0 Å². The highest BCUT2D eigenvalue weighted by Gasteiger charge is 1.93. The van der Waals surface area contributed by atoms with E-state index in [0.717, 1.165) is 6.42 Å². The van der Waals surface area contributed by atoms with Gasteiger partial charge in [0.2, 0.25) is 0 Å². The van der Waals surface area contributed by atoms with E-state index in [9.17, 15) is 0 Å². The van der Waals surface area contributed by atoms with Crippen LogP contribution in [0.25, 0.3) is 0 Å². The zero-order valence-electron chi connectivity index (χ0n) is 9.23. The third-order valence-corrected chi connectivity index (χ3v) is 2.09. The van der Waals surface area contributed by atoms with Crippen LogP contribution in [0, 0.1) is 0 Å². The van der Waals surface area contributed by atoms with Crippen LogP contribution < -0.4 is 0 Å². The highest BCUT2D eigenvalue weighted by atomic mass is 31.1. The SMILES string of the molecule is O=[P+](O)O.c1ccc(Cc2ccccc2)cc1. The Bertz CT molecular complexity index is 401. The summed E-state index contributed by atoms with van der Waals surface area (Å²) < 4.78 is 8.70. The first-order valence-electron chi connectivity index (χ1n) is 5.11. The van der Waals surface area contributed by atoms with Crippen LogP contribution in [0.5, 0.6) is 0 Å². The van der Waals surface area contributed by atoms with Gasteiger partial charge in [0.05, 0.1) is 0 Å². The lowest BCUT2D eigenvalue weighted by Gasteiger charge is -2.00. The Hall–Kier alpha value is -1.54. The molecule has 2 aromatic rings. The highest BCUT2D eigenvalue weighted by molar-refractivity contribution is 7.30. The Balaban J connectivity index is 0.000000317. The molecular formula is C13H14O3P+. The summed E-state index contributed by atoms with van der Waals surface area (Å²) in [6.45, 7) is 0. The van der Waals surface area contributed by atoms with Gasteiger partial charge in [0, 0.05) is 4.57 Å². The minimum absolute atomic E-state index is 1.03. The highest BCUT2D eigenvalue weighted by Crippen LogP contribution is 2.07. The maximum Gasteiger partial charge on any atom is 0.692 e. The first-order valence-corrected chi connectivity index (χ1v) is 6.28. The molecule has 2 aromatic carbocycles. The van der Waals surface area contributed by atoms with Crippen LogP contribution in [0.3, 0.4) is 0 Å². The Labute approximate surface area is 101 Å². The number of hydrogen-bond donors (Lipinski definition) is 2. The molecule has 0 saturated heterocycles. The van der Waals surface area contributed by atoms with Crippen LogP contribution in [-0.2, 0) is 11.0 Å². The molecule has 0 aliphatic heterocycles. The molecule has 88 valence electrons. The molecule has 4 heteroatoms.